The largest absolute Gasteiger partial charge is 0.291 e. The lowest BCUT2D eigenvalue weighted by Crippen LogP contribution is -2.28. The summed E-state index contributed by atoms with van der Waals surface area (Å²) in [4.78, 5) is 0. The fraction of sp³-hybridized carbons (Fsp3) is 0.857. The van der Waals surface area contributed by atoms with E-state index >= 15 is 0 Å². The Hall–Kier alpha value is -0.870. The molecule has 21 heavy (non-hydrogen) atoms. The van der Waals surface area contributed by atoms with E-state index in [2.05, 4.69) is 24.1 Å². The average Bonchev–Trinajstić information content (AvgIpc) is 2.88. The van der Waals surface area contributed by atoms with Gasteiger partial charge in [0.2, 0.25) is 0 Å². The highest BCUT2D eigenvalue weighted by atomic mass is 19.3. The van der Waals surface area contributed by atoms with E-state index in [4.69, 9.17) is 0 Å². The van der Waals surface area contributed by atoms with Gasteiger partial charge < -0.3 is 0 Å². The van der Waals surface area contributed by atoms with E-state index < -0.39 is 5.92 Å². The highest BCUT2D eigenvalue weighted by Crippen LogP contribution is 2.41. The summed E-state index contributed by atoms with van der Waals surface area (Å²) in [6, 6.07) is 0. The van der Waals surface area contributed by atoms with E-state index in [-0.39, 0.29) is 18.1 Å². The Morgan fingerprint density at radius 1 is 1.24 bits per heavy atom. The third-order valence-corrected chi connectivity index (χ3v) is 5.15. The number of hydrogen-bond acceptors (Lipinski definition) is 2. The standard InChI is InChI=1S/C14H25B2F2N3/c1-9(15-3)11-5-6-12-13(14(17,18)8-7-11)21(20-19-12)10(2)16-4/h9-11,15-16H,5-8H2,1-4H3/t9-,10?,11?/m0/s1. The Morgan fingerprint density at radius 3 is 2.57 bits per heavy atom. The number of fused-ring (bicyclic) bond motifs is 1. The van der Waals surface area contributed by atoms with E-state index in [0.29, 0.717) is 30.3 Å². The minimum atomic E-state index is -2.81. The molecule has 0 bridgehead atoms. The van der Waals surface area contributed by atoms with Crippen LogP contribution in [0.3, 0.4) is 0 Å². The number of alkyl halides is 2. The van der Waals surface area contributed by atoms with Crippen LogP contribution in [0.15, 0.2) is 0 Å². The highest BCUT2D eigenvalue weighted by Gasteiger charge is 2.41. The van der Waals surface area contributed by atoms with Gasteiger partial charge in [-0.15, -0.1) is 5.10 Å². The summed E-state index contributed by atoms with van der Waals surface area (Å²) in [5.41, 5.74) is 0.577. The summed E-state index contributed by atoms with van der Waals surface area (Å²) in [7, 11) is 1.82. The van der Waals surface area contributed by atoms with Crippen molar-refractivity contribution in [2.45, 2.75) is 70.9 Å². The topological polar surface area (TPSA) is 30.7 Å². The number of halogens is 2. The fourth-order valence-electron chi connectivity index (χ4n) is 3.21. The predicted molar refractivity (Wildman–Crippen MR) is 85.1 cm³/mol. The highest BCUT2D eigenvalue weighted by molar-refractivity contribution is 6.35. The van der Waals surface area contributed by atoms with E-state index in [1.165, 1.54) is 4.68 Å². The second kappa shape index (κ2) is 6.49. The molecule has 116 valence electrons. The minimum absolute atomic E-state index is 0.0306. The maximum atomic E-state index is 14.7. The number of nitrogens with zero attached hydrogens (tertiary/aromatic N) is 3. The summed E-state index contributed by atoms with van der Waals surface area (Å²) < 4.78 is 30.8. The SMILES string of the molecule is CBC(C)n1nnc2c1C(F)(F)CCC([C@H](C)BC)CC2. The number of aromatic nitrogens is 3. The molecule has 0 radical (unpaired) electrons. The summed E-state index contributed by atoms with van der Waals surface area (Å²) in [5.74, 6) is -1.99. The van der Waals surface area contributed by atoms with E-state index in [9.17, 15) is 8.78 Å². The molecule has 3 nitrogen and oxygen atoms in total. The molecule has 0 aromatic carbocycles. The first-order valence-corrected chi connectivity index (χ1v) is 8.23. The van der Waals surface area contributed by atoms with Crippen LogP contribution in [0, 0.1) is 5.92 Å². The van der Waals surface area contributed by atoms with Gasteiger partial charge in [0.05, 0.1) is 5.69 Å². The average molecular weight is 295 g/mol. The maximum absolute atomic E-state index is 14.7. The molecule has 3 atom stereocenters. The lowest BCUT2D eigenvalue weighted by Gasteiger charge is -2.29. The van der Waals surface area contributed by atoms with Crippen molar-refractivity contribution in [3.8, 4) is 0 Å². The van der Waals surface area contributed by atoms with Crippen molar-refractivity contribution in [2.24, 2.45) is 5.92 Å². The Bertz CT molecular complexity index is 479. The van der Waals surface area contributed by atoms with Crippen molar-refractivity contribution in [2.75, 3.05) is 0 Å². The molecule has 1 aromatic rings. The number of rotatable bonds is 4. The van der Waals surface area contributed by atoms with Crippen molar-refractivity contribution < 1.29 is 8.78 Å². The van der Waals surface area contributed by atoms with Crippen LogP contribution in [0.1, 0.15) is 50.4 Å². The molecular weight excluding hydrogens is 270 g/mol. The first-order chi connectivity index (χ1) is 9.90. The molecule has 0 spiro atoms. The van der Waals surface area contributed by atoms with Crippen molar-refractivity contribution in [1.82, 2.24) is 15.0 Å². The summed E-state index contributed by atoms with van der Waals surface area (Å²) >= 11 is 0. The quantitative estimate of drug-likeness (QED) is 0.799. The van der Waals surface area contributed by atoms with Crippen LogP contribution < -0.4 is 0 Å². The molecule has 0 amide bonds. The van der Waals surface area contributed by atoms with E-state index in [0.717, 1.165) is 21.0 Å². The molecular formula is C14H25B2F2N3. The summed E-state index contributed by atoms with van der Waals surface area (Å²) in [5, 5.41) is 8.10. The van der Waals surface area contributed by atoms with Gasteiger partial charge >= 0.3 is 0 Å². The van der Waals surface area contributed by atoms with Gasteiger partial charge in [0.25, 0.3) is 5.92 Å². The molecule has 0 fully saturated rings. The first kappa shape index (κ1) is 16.5. The molecule has 0 aliphatic heterocycles. The number of hydrogen-bond donors (Lipinski definition) is 0. The lowest BCUT2D eigenvalue weighted by atomic mass is 9.60. The predicted octanol–water partition coefficient (Wildman–Crippen LogP) is 3.01. The molecule has 2 unspecified atom stereocenters. The van der Waals surface area contributed by atoms with Gasteiger partial charge in [0.15, 0.2) is 0 Å². The number of aryl methyl sites for hydroxylation is 1. The molecule has 1 aliphatic rings. The van der Waals surface area contributed by atoms with Crippen LogP contribution in [-0.4, -0.2) is 29.6 Å². The normalized spacial score (nSPS) is 24.4. The van der Waals surface area contributed by atoms with Crippen molar-refractivity contribution in [1.29, 1.82) is 0 Å². The summed E-state index contributed by atoms with van der Waals surface area (Å²) in [6.45, 7) is 8.21. The third-order valence-electron chi connectivity index (χ3n) is 5.15. The molecule has 1 heterocycles. The molecule has 1 aromatic heterocycles. The van der Waals surface area contributed by atoms with Gasteiger partial charge in [-0.3, -0.25) is 0 Å². The Labute approximate surface area is 127 Å². The minimum Gasteiger partial charge on any atom is -0.248 e. The van der Waals surface area contributed by atoms with Crippen LogP contribution in [0.2, 0.25) is 19.5 Å². The zero-order chi connectivity index (χ0) is 15.6. The van der Waals surface area contributed by atoms with E-state index in [1.807, 2.05) is 13.7 Å². The van der Waals surface area contributed by atoms with Gasteiger partial charge in [0, 0.05) is 12.4 Å². The fourth-order valence-corrected chi connectivity index (χ4v) is 3.21. The maximum Gasteiger partial charge on any atom is 0.291 e. The molecule has 2 rings (SSSR count). The first-order valence-electron chi connectivity index (χ1n) is 8.23. The molecule has 7 heteroatoms. The zero-order valence-corrected chi connectivity index (χ0v) is 13.6. The Morgan fingerprint density at radius 2 is 1.95 bits per heavy atom. The van der Waals surface area contributed by atoms with Crippen molar-refractivity contribution >= 4 is 14.6 Å². The second-order valence-corrected chi connectivity index (χ2v) is 6.51. The molecule has 0 saturated carbocycles. The smallest absolute Gasteiger partial charge is 0.248 e. The lowest BCUT2D eigenvalue weighted by molar-refractivity contribution is -0.0312. The van der Waals surface area contributed by atoms with Gasteiger partial charge in [-0.2, -0.15) is 8.78 Å². The van der Waals surface area contributed by atoms with Crippen LogP contribution in [0.25, 0.3) is 0 Å². The Balaban J connectivity index is 2.33. The van der Waals surface area contributed by atoms with Crippen LogP contribution in [-0.2, 0) is 12.3 Å². The monoisotopic (exact) mass is 295 g/mol. The van der Waals surface area contributed by atoms with Crippen LogP contribution in [0.4, 0.5) is 8.78 Å². The van der Waals surface area contributed by atoms with Crippen LogP contribution in [0.5, 0.6) is 0 Å². The zero-order valence-electron chi connectivity index (χ0n) is 13.6. The molecule has 0 saturated heterocycles. The van der Waals surface area contributed by atoms with Gasteiger partial charge in [-0.1, -0.05) is 38.5 Å². The van der Waals surface area contributed by atoms with Crippen molar-refractivity contribution in [3.63, 3.8) is 0 Å². The van der Waals surface area contributed by atoms with Gasteiger partial charge in [-0.05, 0) is 25.2 Å². The van der Waals surface area contributed by atoms with Gasteiger partial charge in [-0.25, -0.2) is 4.68 Å². The van der Waals surface area contributed by atoms with Gasteiger partial charge in [0.1, 0.15) is 20.3 Å². The molecule has 0 N–H and O–H groups in total. The Kier molecular flexibility index (Phi) is 5.10. The molecule has 1 aliphatic carbocycles. The third kappa shape index (κ3) is 3.32. The summed E-state index contributed by atoms with van der Waals surface area (Å²) in [6.07, 6.45) is 2.07. The second-order valence-electron chi connectivity index (χ2n) is 6.51. The van der Waals surface area contributed by atoms with E-state index in [1.54, 1.807) is 0 Å². The van der Waals surface area contributed by atoms with Crippen molar-refractivity contribution in [3.05, 3.63) is 11.4 Å². The van der Waals surface area contributed by atoms with Crippen LogP contribution >= 0.6 is 0 Å².